The van der Waals surface area contributed by atoms with Crippen molar-refractivity contribution >= 4 is 39.3 Å². The molecule has 0 saturated carbocycles. The number of nitrogens with one attached hydrogen (secondary N) is 1. The third-order valence-corrected chi connectivity index (χ3v) is 4.26. The lowest BCUT2D eigenvalue weighted by molar-refractivity contribution is -0.111. The van der Waals surface area contributed by atoms with Crippen molar-refractivity contribution in [3.8, 4) is 0 Å². The van der Waals surface area contributed by atoms with E-state index >= 15 is 0 Å². The fraction of sp³-hybridized carbons (Fsp3) is 0.0625. The minimum absolute atomic E-state index is 0.0555. The van der Waals surface area contributed by atoms with Gasteiger partial charge in [-0.15, -0.1) is 0 Å². The van der Waals surface area contributed by atoms with Crippen molar-refractivity contribution in [1.29, 1.82) is 0 Å². The number of amides is 1. The number of benzene rings is 2. The second-order valence-corrected chi connectivity index (χ2v) is 6.89. The highest BCUT2D eigenvalue weighted by molar-refractivity contribution is 7.89. The van der Waals surface area contributed by atoms with E-state index in [-0.39, 0.29) is 10.8 Å². The summed E-state index contributed by atoms with van der Waals surface area (Å²) in [5.74, 6) is -0.380. The van der Waals surface area contributed by atoms with Gasteiger partial charge in [-0.3, -0.25) is 4.79 Å². The number of carbonyl (C=O) groups excluding carboxylic acids is 1. The Morgan fingerprint density at radius 1 is 1.17 bits per heavy atom. The van der Waals surface area contributed by atoms with Gasteiger partial charge in [0.05, 0.1) is 4.90 Å². The molecule has 2 rings (SSSR count). The highest BCUT2D eigenvalue weighted by atomic mass is 35.5. The van der Waals surface area contributed by atoms with Gasteiger partial charge in [0.15, 0.2) is 0 Å². The summed E-state index contributed by atoms with van der Waals surface area (Å²) in [6, 6.07) is 11.3. The van der Waals surface area contributed by atoms with Crippen LogP contribution in [0.4, 0.5) is 5.69 Å². The number of hydrogen-bond acceptors (Lipinski definition) is 3. The van der Waals surface area contributed by atoms with Crippen LogP contribution in [0.5, 0.6) is 0 Å². The average Bonchev–Trinajstić information content (AvgIpc) is 2.48. The van der Waals surface area contributed by atoms with Gasteiger partial charge < -0.3 is 5.32 Å². The first-order valence-corrected chi connectivity index (χ1v) is 8.56. The summed E-state index contributed by atoms with van der Waals surface area (Å²) in [5.41, 5.74) is 1.94. The molecule has 0 heterocycles. The van der Waals surface area contributed by atoms with Gasteiger partial charge in [0.2, 0.25) is 15.9 Å². The van der Waals surface area contributed by atoms with Crippen molar-refractivity contribution in [3.63, 3.8) is 0 Å². The molecule has 2 aromatic rings. The third-order valence-electron chi connectivity index (χ3n) is 3.09. The number of primary sulfonamides is 1. The largest absolute Gasteiger partial charge is 0.322 e. The molecule has 0 radical (unpaired) electrons. The predicted octanol–water partition coefficient (Wildman–Crippen LogP) is 2.95. The highest BCUT2D eigenvalue weighted by Gasteiger charge is 2.10. The van der Waals surface area contributed by atoms with Gasteiger partial charge >= 0.3 is 0 Å². The van der Waals surface area contributed by atoms with Crippen molar-refractivity contribution in [2.24, 2.45) is 5.14 Å². The minimum Gasteiger partial charge on any atom is -0.322 e. The molecule has 23 heavy (non-hydrogen) atoms. The zero-order valence-electron chi connectivity index (χ0n) is 12.3. The maximum absolute atomic E-state index is 12.0. The maximum atomic E-state index is 12.0. The van der Waals surface area contributed by atoms with Crippen LogP contribution in [0.2, 0.25) is 5.02 Å². The summed E-state index contributed by atoms with van der Waals surface area (Å²) in [5, 5.41) is 8.33. The molecule has 120 valence electrons. The second kappa shape index (κ2) is 6.95. The fourth-order valence-corrected chi connectivity index (χ4v) is 2.50. The summed E-state index contributed by atoms with van der Waals surface area (Å²) >= 11 is 5.79. The van der Waals surface area contributed by atoms with Crippen LogP contribution >= 0.6 is 11.6 Å². The van der Waals surface area contributed by atoms with Crippen LogP contribution < -0.4 is 10.5 Å². The Balaban J connectivity index is 2.15. The molecule has 3 N–H and O–H groups in total. The number of aryl methyl sites for hydroxylation is 1. The number of halogens is 1. The Bertz CT molecular complexity index is 859. The first-order valence-electron chi connectivity index (χ1n) is 6.64. The van der Waals surface area contributed by atoms with Crippen LogP contribution in [0.15, 0.2) is 53.4 Å². The van der Waals surface area contributed by atoms with Gasteiger partial charge in [-0.2, -0.15) is 0 Å². The Hall–Kier alpha value is -2.15. The number of nitrogens with two attached hydrogens (primary N) is 1. The summed E-state index contributed by atoms with van der Waals surface area (Å²) in [6.07, 6.45) is 2.98. The van der Waals surface area contributed by atoms with E-state index in [4.69, 9.17) is 16.7 Å². The lowest BCUT2D eigenvalue weighted by Crippen LogP contribution is -2.14. The van der Waals surface area contributed by atoms with E-state index in [2.05, 4.69) is 5.32 Å². The molecular weight excluding hydrogens is 336 g/mol. The minimum atomic E-state index is -3.82. The van der Waals surface area contributed by atoms with Gasteiger partial charge in [0, 0.05) is 16.8 Å². The summed E-state index contributed by atoms with van der Waals surface area (Å²) < 4.78 is 22.7. The lowest BCUT2D eigenvalue weighted by atomic mass is 10.2. The van der Waals surface area contributed by atoms with E-state index < -0.39 is 10.0 Å². The molecule has 0 fully saturated rings. The topological polar surface area (TPSA) is 89.3 Å². The van der Waals surface area contributed by atoms with Crippen LogP contribution in [-0.2, 0) is 14.8 Å². The molecular formula is C16H15ClN2O3S. The average molecular weight is 351 g/mol. The Labute approximate surface area is 139 Å². The Morgan fingerprint density at radius 3 is 2.43 bits per heavy atom. The van der Waals surface area contributed by atoms with Gasteiger partial charge in [-0.1, -0.05) is 29.8 Å². The molecule has 5 nitrogen and oxygen atoms in total. The molecule has 7 heteroatoms. The van der Waals surface area contributed by atoms with E-state index in [1.165, 1.54) is 18.2 Å². The van der Waals surface area contributed by atoms with Crippen LogP contribution in [0, 0.1) is 6.92 Å². The molecule has 0 bridgehead atoms. The van der Waals surface area contributed by atoms with E-state index in [1.54, 1.807) is 43.3 Å². The zero-order chi connectivity index (χ0) is 17.0. The molecule has 1 amide bonds. The molecule has 0 aliphatic carbocycles. The van der Waals surface area contributed by atoms with E-state index in [0.29, 0.717) is 10.7 Å². The molecule has 2 aromatic carbocycles. The summed E-state index contributed by atoms with van der Waals surface area (Å²) in [7, 11) is -3.82. The molecule has 0 aliphatic heterocycles. The number of carbonyl (C=O) groups is 1. The number of sulfonamides is 1. The predicted molar refractivity (Wildman–Crippen MR) is 91.7 cm³/mol. The van der Waals surface area contributed by atoms with Crippen LogP contribution in [0.25, 0.3) is 6.08 Å². The number of anilines is 1. The van der Waals surface area contributed by atoms with Crippen molar-refractivity contribution in [3.05, 3.63) is 64.7 Å². The molecule has 0 aliphatic rings. The van der Waals surface area contributed by atoms with E-state index in [9.17, 15) is 13.2 Å². The standard InChI is InChI=1S/C16H15ClN2O3S/c1-11-2-8-14(23(18,21)22)10-15(11)19-16(20)9-5-12-3-6-13(17)7-4-12/h2-10H,1H3,(H,19,20)(H2,18,21,22)/b9-5+. The fourth-order valence-electron chi connectivity index (χ4n) is 1.83. The highest BCUT2D eigenvalue weighted by Crippen LogP contribution is 2.19. The maximum Gasteiger partial charge on any atom is 0.248 e. The molecule has 0 unspecified atom stereocenters. The van der Waals surface area contributed by atoms with Crippen molar-refractivity contribution in [1.82, 2.24) is 0 Å². The quantitative estimate of drug-likeness (QED) is 0.831. The molecule has 0 spiro atoms. The third kappa shape index (κ3) is 4.92. The van der Waals surface area contributed by atoms with Crippen LogP contribution in [0.1, 0.15) is 11.1 Å². The first-order chi connectivity index (χ1) is 10.8. The van der Waals surface area contributed by atoms with Gasteiger partial charge in [-0.05, 0) is 48.4 Å². The first kappa shape index (κ1) is 17.2. The van der Waals surface area contributed by atoms with Gasteiger partial charge in [-0.25, -0.2) is 13.6 Å². The van der Waals surface area contributed by atoms with Gasteiger partial charge in [0.25, 0.3) is 0 Å². The second-order valence-electron chi connectivity index (χ2n) is 4.90. The number of rotatable bonds is 4. The van der Waals surface area contributed by atoms with Crippen molar-refractivity contribution in [2.75, 3.05) is 5.32 Å². The van der Waals surface area contributed by atoms with Crippen LogP contribution in [0.3, 0.4) is 0 Å². The Kier molecular flexibility index (Phi) is 5.20. The number of hydrogen-bond donors (Lipinski definition) is 2. The monoisotopic (exact) mass is 350 g/mol. The van der Waals surface area contributed by atoms with E-state index in [0.717, 1.165) is 11.1 Å². The smallest absolute Gasteiger partial charge is 0.248 e. The van der Waals surface area contributed by atoms with Crippen molar-refractivity contribution in [2.45, 2.75) is 11.8 Å². The van der Waals surface area contributed by atoms with Crippen molar-refractivity contribution < 1.29 is 13.2 Å². The van der Waals surface area contributed by atoms with Crippen LogP contribution in [-0.4, -0.2) is 14.3 Å². The van der Waals surface area contributed by atoms with E-state index in [1.807, 2.05) is 0 Å². The molecule has 0 aromatic heterocycles. The normalized spacial score (nSPS) is 11.6. The van der Waals surface area contributed by atoms with Gasteiger partial charge in [0.1, 0.15) is 0 Å². The molecule has 0 saturated heterocycles. The lowest BCUT2D eigenvalue weighted by Gasteiger charge is -2.08. The Morgan fingerprint density at radius 2 is 1.83 bits per heavy atom. The summed E-state index contributed by atoms with van der Waals surface area (Å²) in [4.78, 5) is 11.9. The molecule has 0 atom stereocenters. The summed E-state index contributed by atoms with van der Waals surface area (Å²) in [6.45, 7) is 1.76. The zero-order valence-corrected chi connectivity index (χ0v) is 13.9. The SMILES string of the molecule is Cc1ccc(S(N)(=O)=O)cc1NC(=O)/C=C/c1ccc(Cl)cc1.